The predicted octanol–water partition coefficient (Wildman–Crippen LogP) is 3.74. The van der Waals surface area contributed by atoms with Gasteiger partial charge in [-0.15, -0.1) is 0 Å². The first kappa shape index (κ1) is 11.7. The summed E-state index contributed by atoms with van der Waals surface area (Å²) < 4.78 is 0. The molecule has 1 unspecified atom stereocenters. The van der Waals surface area contributed by atoms with Gasteiger partial charge in [0.2, 0.25) is 0 Å². The van der Waals surface area contributed by atoms with E-state index >= 15 is 0 Å². The zero-order valence-corrected chi connectivity index (χ0v) is 10.1. The topological polar surface area (TPSA) is 20.2 Å². The fourth-order valence-electron chi connectivity index (χ4n) is 2.14. The standard InChI is InChI=1S/C14H17ClO/c15-13-8-6-11(7-9-13)10-14(16)12-4-2-1-3-5-12/h4,6-9,14,16H,1-3,5,10H2. The molecule has 0 amide bonds. The summed E-state index contributed by atoms with van der Waals surface area (Å²) in [4.78, 5) is 0. The van der Waals surface area contributed by atoms with Gasteiger partial charge >= 0.3 is 0 Å². The molecule has 0 spiro atoms. The molecular formula is C14H17ClO. The van der Waals surface area contributed by atoms with Crippen molar-refractivity contribution in [1.29, 1.82) is 0 Å². The fraction of sp³-hybridized carbons (Fsp3) is 0.429. The Morgan fingerprint density at radius 1 is 1.19 bits per heavy atom. The third kappa shape index (κ3) is 3.10. The summed E-state index contributed by atoms with van der Waals surface area (Å²) in [6, 6.07) is 7.71. The van der Waals surface area contributed by atoms with Gasteiger partial charge in [0.1, 0.15) is 0 Å². The summed E-state index contributed by atoms with van der Waals surface area (Å²) in [6.45, 7) is 0. The van der Waals surface area contributed by atoms with Crippen LogP contribution in [0, 0.1) is 0 Å². The zero-order chi connectivity index (χ0) is 11.4. The van der Waals surface area contributed by atoms with Gasteiger partial charge in [0, 0.05) is 11.4 Å². The summed E-state index contributed by atoms with van der Waals surface area (Å²) in [6.07, 6.45) is 7.22. The summed E-state index contributed by atoms with van der Waals surface area (Å²) in [7, 11) is 0. The minimum absolute atomic E-state index is 0.318. The van der Waals surface area contributed by atoms with E-state index in [1.165, 1.54) is 18.4 Å². The lowest BCUT2D eigenvalue weighted by Crippen LogP contribution is -2.15. The van der Waals surface area contributed by atoms with Gasteiger partial charge in [0.25, 0.3) is 0 Å². The Bertz CT molecular complexity index is 367. The van der Waals surface area contributed by atoms with E-state index in [2.05, 4.69) is 6.08 Å². The second-order valence-corrected chi connectivity index (χ2v) is 4.81. The molecule has 1 aromatic rings. The molecule has 16 heavy (non-hydrogen) atoms. The highest BCUT2D eigenvalue weighted by atomic mass is 35.5. The Kier molecular flexibility index (Phi) is 4.03. The molecule has 2 heteroatoms. The van der Waals surface area contributed by atoms with E-state index in [-0.39, 0.29) is 6.10 Å². The average molecular weight is 237 g/mol. The summed E-state index contributed by atoms with van der Waals surface area (Å²) in [5.41, 5.74) is 2.35. The first-order valence-corrected chi connectivity index (χ1v) is 6.25. The van der Waals surface area contributed by atoms with Crippen molar-refractivity contribution in [3.05, 3.63) is 46.5 Å². The average Bonchev–Trinajstić information content (AvgIpc) is 2.33. The fourth-order valence-corrected chi connectivity index (χ4v) is 2.27. The van der Waals surface area contributed by atoms with Crippen molar-refractivity contribution in [3.8, 4) is 0 Å². The number of hydrogen-bond acceptors (Lipinski definition) is 1. The molecule has 1 aromatic carbocycles. The highest BCUT2D eigenvalue weighted by Gasteiger charge is 2.13. The molecule has 0 saturated carbocycles. The molecule has 0 bridgehead atoms. The second kappa shape index (κ2) is 5.51. The number of benzene rings is 1. The van der Waals surface area contributed by atoms with Crippen molar-refractivity contribution >= 4 is 11.6 Å². The van der Waals surface area contributed by atoms with Crippen molar-refractivity contribution < 1.29 is 5.11 Å². The van der Waals surface area contributed by atoms with Crippen molar-refractivity contribution in [1.82, 2.24) is 0 Å². The molecule has 0 saturated heterocycles. The summed E-state index contributed by atoms with van der Waals surface area (Å²) >= 11 is 5.82. The highest BCUT2D eigenvalue weighted by Crippen LogP contribution is 2.22. The van der Waals surface area contributed by atoms with Gasteiger partial charge in [-0.1, -0.05) is 29.8 Å². The van der Waals surface area contributed by atoms with E-state index in [1.807, 2.05) is 24.3 Å². The number of hydrogen-bond donors (Lipinski definition) is 1. The highest BCUT2D eigenvalue weighted by molar-refractivity contribution is 6.30. The van der Waals surface area contributed by atoms with Gasteiger partial charge in [-0.2, -0.15) is 0 Å². The molecule has 1 N–H and O–H groups in total. The van der Waals surface area contributed by atoms with Crippen LogP contribution in [0.5, 0.6) is 0 Å². The maximum atomic E-state index is 10.1. The van der Waals surface area contributed by atoms with Gasteiger partial charge in [0.15, 0.2) is 0 Å². The third-order valence-electron chi connectivity index (χ3n) is 3.10. The van der Waals surface area contributed by atoms with Crippen LogP contribution in [0.1, 0.15) is 31.2 Å². The van der Waals surface area contributed by atoms with E-state index in [4.69, 9.17) is 11.6 Å². The number of aliphatic hydroxyl groups excluding tert-OH is 1. The number of aliphatic hydroxyl groups is 1. The number of allylic oxidation sites excluding steroid dienone is 1. The van der Waals surface area contributed by atoms with Gasteiger partial charge in [-0.25, -0.2) is 0 Å². The Labute approximate surface area is 102 Å². The van der Waals surface area contributed by atoms with E-state index in [1.54, 1.807) is 0 Å². The van der Waals surface area contributed by atoms with Crippen molar-refractivity contribution in [3.63, 3.8) is 0 Å². The number of rotatable bonds is 3. The van der Waals surface area contributed by atoms with Gasteiger partial charge in [-0.05, 0) is 49.0 Å². The molecule has 0 heterocycles. The van der Waals surface area contributed by atoms with Crippen molar-refractivity contribution in [2.45, 2.75) is 38.2 Å². The molecule has 0 aromatic heterocycles. The molecule has 86 valence electrons. The second-order valence-electron chi connectivity index (χ2n) is 4.37. The van der Waals surface area contributed by atoms with Gasteiger partial charge in [0.05, 0.1) is 6.10 Å². The molecule has 1 aliphatic carbocycles. The Morgan fingerprint density at radius 3 is 2.56 bits per heavy atom. The van der Waals surface area contributed by atoms with Crippen LogP contribution in [0.4, 0.5) is 0 Å². The third-order valence-corrected chi connectivity index (χ3v) is 3.35. The first-order chi connectivity index (χ1) is 7.75. The van der Waals surface area contributed by atoms with Crippen molar-refractivity contribution in [2.75, 3.05) is 0 Å². The Hall–Kier alpha value is -0.790. The van der Waals surface area contributed by atoms with E-state index in [0.717, 1.165) is 23.4 Å². The van der Waals surface area contributed by atoms with Crippen LogP contribution in [0.15, 0.2) is 35.9 Å². The van der Waals surface area contributed by atoms with Gasteiger partial charge < -0.3 is 5.11 Å². The number of halogens is 1. The van der Waals surface area contributed by atoms with E-state index in [0.29, 0.717) is 6.42 Å². The maximum absolute atomic E-state index is 10.1. The molecule has 0 aliphatic heterocycles. The predicted molar refractivity (Wildman–Crippen MR) is 67.7 cm³/mol. The molecule has 1 atom stereocenters. The van der Waals surface area contributed by atoms with Crippen LogP contribution >= 0.6 is 11.6 Å². The summed E-state index contributed by atoms with van der Waals surface area (Å²) in [5.74, 6) is 0. The monoisotopic (exact) mass is 236 g/mol. The van der Waals surface area contributed by atoms with Crippen LogP contribution in [0.3, 0.4) is 0 Å². The van der Waals surface area contributed by atoms with E-state index < -0.39 is 0 Å². The minimum Gasteiger partial charge on any atom is -0.388 e. The van der Waals surface area contributed by atoms with Crippen LogP contribution < -0.4 is 0 Å². The van der Waals surface area contributed by atoms with Gasteiger partial charge in [-0.3, -0.25) is 0 Å². The minimum atomic E-state index is -0.318. The molecule has 0 radical (unpaired) electrons. The van der Waals surface area contributed by atoms with E-state index in [9.17, 15) is 5.11 Å². The molecule has 1 aliphatic rings. The van der Waals surface area contributed by atoms with Crippen LogP contribution in [0.2, 0.25) is 5.02 Å². The normalized spacial score (nSPS) is 18.0. The molecular weight excluding hydrogens is 220 g/mol. The summed E-state index contributed by atoms with van der Waals surface area (Å²) in [5, 5.41) is 10.8. The van der Waals surface area contributed by atoms with Crippen molar-refractivity contribution in [2.24, 2.45) is 0 Å². The molecule has 1 nitrogen and oxygen atoms in total. The zero-order valence-electron chi connectivity index (χ0n) is 9.32. The maximum Gasteiger partial charge on any atom is 0.0790 e. The smallest absolute Gasteiger partial charge is 0.0790 e. The largest absolute Gasteiger partial charge is 0.388 e. The lowest BCUT2D eigenvalue weighted by Gasteiger charge is -2.18. The van der Waals surface area contributed by atoms with Crippen LogP contribution in [-0.4, -0.2) is 11.2 Å². The molecule has 2 rings (SSSR count). The SMILES string of the molecule is OC(Cc1ccc(Cl)cc1)C1=CCCCC1. The lowest BCUT2D eigenvalue weighted by molar-refractivity contribution is 0.204. The molecule has 0 fully saturated rings. The van der Waals surface area contributed by atoms with Crippen LogP contribution in [0.25, 0.3) is 0 Å². The Morgan fingerprint density at radius 2 is 1.94 bits per heavy atom. The quantitative estimate of drug-likeness (QED) is 0.793. The first-order valence-electron chi connectivity index (χ1n) is 5.87. The lowest BCUT2D eigenvalue weighted by atomic mass is 9.92. The Balaban J connectivity index is 1.98. The van der Waals surface area contributed by atoms with Crippen LogP contribution in [-0.2, 0) is 6.42 Å².